The van der Waals surface area contributed by atoms with Gasteiger partial charge >= 0.3 is 0 Å². The van der Waals surface area contributed by atoms with Gasteiger partial charge in [-0.2, -0.15) is 0 Å². The predicted octanol–water partition coefficient (Wildman–Crippen LogP) is 3.80. The van der Waals surface area contributed by atoms with Crippen molar-refractivity contribution in [3.8, 4) is 0 Å². The van der Waals surface area contributed by atoms with E-state index in [1.165, 1.54) is 17.0 Å². The van der Waals surface area contributed by atoms with Crippen LogP contribution >= 0.6 is 11.8 Å². The number of hydrogen-bond donors (Lipinski definition) is 2. The highest BCUT2D eigenvalue weighted by Crippen LogP contribution is 2.27. The fourth-order valence-electron chi connectivity index (χ4n) is 2.21. The second-order valence-electron chi connectivity index (χ2n) is 4.60. The molecule has 2 nitrogen and oxygen atoms in total. The van der Waals surface area contributed by atoms with Gasteiger partial charge in [0.2, 0.25) is 0 Å². The number of nitrogens with two attached hydrogens (primary N) is 1. The molecule has 0 spiro atoms. The summed E-state index contributed by atoms with van der Waals surface area (Å²) in [6.07, 6.45) is 0. The largest absolute Gasteiger partial charge is 0.271 e. The summed E-state index contributed by atoms with van der Waals surface area (Å²) in [5.74, 6) is 6.47. The smallest absolute Gasteiger partial charge is 0.123 e. The summed E-state index contributed by atoms with van der Waals surface area (Å²) in [6.45, 7) is 4.08. The first kappa shape index (κ1) is 15.0. The molecule has 0 saturated carbocycles. The van der Waals surface area contributed by atoms with Crippen LogP contribution in [-0.2, 0) is 0 Å². The van der Waals surface area contributed by atoms with Crippen LogP contribution in [0.5, 0.6) is 0 Å². The molecule has 0 bridgehead atoms. The average Bonchev–Trinajstić information content (AvgIpc) is 2.45. The minimum atomic E-state index is -0.246. The van der Waals surface area contributed by atoms with Gasteiger partial charge in [-0.15, -0.1) is 11.8 Å². The number of hydrogen-bond acceptors (Lipinski definition) is 3. The maximum absolute atomic E-state index is 13.5. The zero-order chi connectivity index (χ0) is 14.5. The molecule has 0 aliphatic rings. The van der Waals surface area contributed by atoms with E-state index in [2.05, 4.69) is 24.5 Å². The van der Waals surface area contributed by atoms with Crippen molar-refractivity contribution in [1.29, 1.82) is 0 Å². The van der Waals surface area contributed by atoms with Gasteiger partial charge in [0.15, 0.2) is 0 Å². The molecule has 1 atom stereocenters. The average molecular weight is 290 g/mol. The Morgan fingerprint density at radius 1 is 1.20 bits per heavy atom. The Labute approximate surface area is 123 Å². The van der Waals surface area contributed by atoms with Crippen molar-refractivity contribution in [2.75, 3.05) is 5.75 Å². The number of benzene rings is 2. The highest BCUT2D eigenvalue weighted by Gasteiger charge is 2.15. The first-order valence-electron chi connectivity index (χ1n) is 6.60. The van der Waals surface area contributed by atoms with Crippen molar-refractivity contribution < 1.29 is 4.39 Å². The fourth-order valence-corrected chi connectivity index (χ4v) is 2.87. The molecule has 0 heterocycles. The Balaban J connectivity index is 2.34. The van der Waals surface area contributed by atoms with E-state index in [0.29, 0.717) is 0 Å². The van der Waals surface area contributed by atoms with Crippen LogP contribution in [0, 0.1) is 12.7 Å². The van der Waals surface area contributed by atoms with Crippen molar-refractivity contribution in [3.63, 3.8) is 0 Å². The van der Waals surface area contributed by atoms with Crippen LogP contribution < -0.4 is 11.3 Å². The molecule has 2 rings (SSSR count). The van der Waals surface area contributed by atoms with Crippen LogP contribution in [0.25, 0.3) is 0 Å². The van der Waals surface area contributed by atoms with E-state index < -0.39 is 0 Å². The Kier molecular flexibility index (Phi) is 5.17. The summed E-state index contributed by atoms with van der Waals surface area (Å²) in [5, 5.41) is 0. The topological polar surface area (TPSA) is 38.0 Å². The molecule has 1 unspecified atom stereocenters. The van der Waals surface area contributed by atoms with Crippen molar-refractivity contribution in [2.45, 2.75) is 24.8 Å². The molecule has 0 aliphatic carbocycles. The number of hydrazine groups is 1. The zero-order valence-corrected chi connectivity index (χ0v) is 12.5. The number of rotatable bonds is 5. The van der Waals surface area contributed by atoms with Gasteiger partial charge in [0, 0.05) is 4.90 Å². The quantitative estimate of drug-likeness (QED) is 0.500. The van der Waals surface area contributed by atoms with E-state index in [-0.39, 0.29) is 11.9 Å². The lowest BCUT2D eigenvalue weighted by atomic mass is 9.95. The number of thioether (sulfide) groups is 1. The SMILES string of the molecule is CCSc1ccc(C(NN)c2cc(F)ccc2C)cc1. The van der Waals surface area contributed by atoms with Gasteiger partial charge in [0.1, 0.15) is 5.82 Å². The predicted molar refractivity (Wildman–Crippen MR) is 83.1 cm³/mol. The molecular formula is C16H19FN2S. The Morgan fingerprint density at radius 2 is 1.90 bits per heavy atom. The lowest BCUT2D eigenvalue weighted by Gasteiger charge is -2.19. The number of aryl methyl sites for hydroxylation is 1. The van der Waals surface area contributed by atoms with Crippen LogP contribution in [0.2, 0.25) is 0 Å². The summed E-state index contributed by atoms with van der Waals surface area (Å²) in [6, 6.07) is 12.8. The van der Waals surface area contributed by atoms with Crippen LogP contribution in [0.15, 0.2) is 47.4 Å². The van der Waals surface area contributed by atoms with Crippen molar-refractivity contribution in [1.82, 2.24) is 5.43 Å². The molecule has 20 heavy (non-hydrogen) atoms. The maximum Gasteiger partial charge on any atom is 0.123 e. The third-order valence-corrected chi connectivity index (χ3v) is 4.14. The fraction of sp³-hybridized carbons (Fsp3) is 0.250. The zero-order valence-electron chi connectivity index (χ0n) is 11.7. The molecule has 0 radical (unpaired) electrons. The lowest BCUT2D eigenvalue weighted by Crippen LogP contribution is -2.29. The normalized spacial score (nSPS) is 12.4. The molecule has 2 aromatic carbocycles. The van der Waals surface area contributed by atoms with Gasteiger partial charge in [-0.3, -0.25) is 5.84 Å². The molecule has 4 heteroatoms. The van der Waals surface area contributed by atoms with E-state index in [9.17, 15) is 4.39 Å². The van der Waals surface area contributed by atoms with Gasteiger partial charge in [-0.05, 0) is 53.6 Å². The van der Waals surface area contributed by atoms with Crippen LogP contribution in [0.1, 0.15) is 29.7 Å². The monoisotopic (exact) mass is 290 g/mol. The van der Waals surface area contributed by atoms with E-state index in [1.807, 2.05) is 19.1 Å². The molecule has 0 fully saturated rings. The van der Waals surface area contributed by atoms with Crippen molar-refractivity contribution in [2.24, 2.45) is 5.84 Å². The lowest BCUT2D eigenvalue weighted by molar-refractivity contribution is 0.602. The van der Waals surface area contributed by atoms with Crippen LogP contribution in [0.3, 0.4) is 0 Å². The van der Waals surface area contributed by atoms with Gasteiger partial charge < -0.3 is 0 Å². The van der Waals surface area contributed by atoms with E-state index in [1.54, 1.807) is 17.8 Å². The van der Waals surface area contributed by atoms with Gasteiger partial charge in [0.25, 0.3) is 0 Å². The van der Waals surface area contributed by atoms with E-state index in [0.717, 1.165) is 22.4 Å². The second-order valence-corrected chi connectivity index (χ2v) is 5.94. The Hall–Kier alpha value is -1.36. The van der Waals surface area contributed by atoms with Crippen LogP contribution in [0.4, 0.5) is 4.39 Å². The van der Waals surface area contributed by atoms with Crippen molar-refractivity contribution >= 4 is 11.8 Å². The summed E-state index contributed by atoms with van der Waals surface area (Å²) >= 11 is 1.79. The highest BCUT2D eigenvalue weighted by molar-refractivity contribution is 7.99. The number of halogens is 1. The number of nitrogens with one attached hydrogen (secondary N) is 1. The summed E-state index contributed by atoms with van der Waals surface area (Å²) in [5.41, 5.74) is 5.69. The second kappa shape index (κ2) is 6.88. The molecule has 3 N–H and O–H groups in total. The Morgan fingerprint density at radius 3 is 2.50 bits per heavy atom. The molecule has 0 saturated heterocycles. The van der Waals surface area contributed by atoms with Crippen molar-refractivity contribution in [3.05, 3.63) is 65.0 Å². The third-order valence-electron chi connectivity index (χ3n) is 3.24. The highest BCUT2D eigenvalue weighted by atomic mass is 32.2. The molecule has 2 aromatic rings. The van der Waals surface area contributed by atoms with Gasteiger partial charge in [-0.25, -0.2) is 9.82 Å². The third kappa shape index (κ3) is 3.39. The standard InChI is InChI=1S/C16H19FN2S/c1-3-20-14-8-5-12(6-9-14)16(19-18)15-10-13(17)7-4-11(15)2/h4-10,16,19H,3,18H2,1-2H3. The molecule has 106 valence electrons. The first-order valence-corrected chi connectivity index (χ1v) is 7.59. The molecule has 0 aliphatic heterocycles. The maximum atomic E-state index is 13.5. The molecule has 0 amide bonds. The molecular weight excluding hydrogens is 271 g/mol. The van der Waals surface area contributed by atoms with Gasteiger partial charge in [0.05, 0.1) is 6.04 Å². The molecule has 0 aromatic heterocycles. The minimum Gasteiger partial charge on any atom is -0.271 e. The van der Waals surface area contributed by atoms with Gasteiger partial charge in [-0.1, -0.05) is 25.1 Å². The minimum absolute atomic E-state index is 0.202. The van der Waals surface area contributed by atoms with Crippen LogP contribution in [-0.4, -0.2) is 5.75 Å². The van der Waals surface area contributed by atoms with E-state index in [4.69, 9.17) is 5.84 Å². The van der Waals surface area contributed by atoms with E-state index >= 15 is 0 Å². The summed E-state index contributed by atoms with van der Waals surface area (Å²) < 4.78 is 13.5. The summed E-state index contributed by atoms with van der Waals surface area (Å²) in [7, 11) is 0. The summed E-state index contributed by atoms with van der Waals surface area (Å²) in [4.78, 5) is 1.22. The first-order chi connectivity index (χ1) is 9.65. The Bertz CT molecular complexity index is 569.